The second-order valence-electron chi connectivity index (χ2n) is 6.48. The van der Waals surface area contributed by atoms with Gasteiger partial charge >= 0.3 is 0 Å². The molecule has 0 atom stereocenters. The Morgan fingerprint density at radius 2 is 1.22 bits per heavy atom. The average Bonchev–Trinajstić information content (AvgIpc) is 2.93. The van der Waals surface area contributed by atoms with E-state index in [0.29, 0.717) is 5.41 Å². The van der Waals surface area contributed by atoms with Crippen molar-refractivity contribution < 1.29 is 0 Å². The van der Waals surface area contributed by atoms with E-state index in [1.165, 1.54) is 38.5 Å². The van der Waals surface area contributed by atoms with Crippen LogP contribution in [0.5, 0.6) is 0 Å². The van der Waals surface area contributed by atoms with Crippen molar-refractivity contribution in [3.63, 3.8) is 0 Å². The minimum atomic E-state index is 0.337. The largest absolute Gasteiger partial charge is 0.0683 e. The van der Waals surface area contributed by atoms with Crippen LogP contribution in [0.25, 0.3) is 0 Å². The van der Waals surface area contributed by atoms with E-state index in [4.69, 9.17) is 0 Å². The monoisotopic (exact) mass is 244 g/mol. The summed E-state index contributed by atoms with van der Waals surface area (Å²) in [5, 5.41) is 0. The van der Waals surface area contributed by atoms with Crippen LogP contribution in [0.4, 0.5) is 0 Å². The van der Waals surface area contributed by atoms with Crippen molar-refractivity contribution in [2.24, 2.45) is 0 Å². The van der Waals surface area contributed by atoms with Crippen molar-refractivity contribution in [2.45, 2.75) is 78.6 Å². The summed E-state index contributed by atoms with van der Waals surface area (Å²) in [4.78, 5) is 0. The van der Waals surface area contributed by atoms with Gasteiger partial charge in [0.1, 0.15) is 0 Å². The predicted octanol–water partition coefficient (Wildman–Crippen LogP) is 4.99. The summed E-state index contributed by atoms with van der Waals surface area (Å²) in [6.45, 7) is 11.2. The Bertz CT molecular complexity index is 400. The first-order chi connectivity index (χ1) is 8.57. The third-order valence-corrected chi connectivity index (χ3v) is 4.22. The van der Waals surface area contributed by atoms with E-state index < -0.39 is 0 Å². The quantitative estimate of drug-likeness (QED) is 0.603. The van der Waals surface area contributed by atoms with Crippen LogP contribution >= 0.6 is 0 Å². The fraction of sp³-hybridized carbons (Fsp3) is 0.667. The van der Waals surface area contributed by atoms with Gasteiger partial charge in [0.2, 0.25) is 0 Å². The van der Waals surface area contributed by atoms with Crippen LogP contribution in [0.15, 0.2) is 6.07 Å². The van der Waals surface area contributed by atoms with Crippen LogP contribution in [0.1, 0.15) is 75.3 Å². The normalized spacial score (nSPS) is 16.9. The molecule has 3 rings (SSSR count). The minimum absolute atomic E-state index is 0.337. The lowest BCUT2D eigenvalue weighted by atomic mass is 9.78. The molecule has 0 radical (unpaired) electrons. The van der Waals surface area contributed by atoms with Crippen LogP contribution < -0.4 is 0 Å². The molecule has 0 N–H and O–H groups in total. The van der Waals surface area contributed by atoms with Crippen molar-refractivity contribution in [2.75, 3.05) is 0 Å². The van der Waals surface area contributed by atoms with E-state index in [1.54, 1.807) is 27.8 Å². The third kappa shape index (κ3) is 2.22. The molecule has 1 aromatic rings. The molecule has 0 amide bonds. The van der Waals surface area contributed by atoms with Gasteiger partial charge in [0.15, 0.2) is 0 Å². The standard InChI is InChI=1S/C16H22.C2H6/c1-16(2,3)15-13-8-4-6-11(13)10-12-7-5-9-14(12)15;1-2/h10H,4-9H2,1-3H3;1-2H3. The second kappa shape index (κ2) is 5.07. The SMILES string of the molecule is CC.CC(C)(C)c1c2c(cc3c1CCC3)CCC2. The van der Waals surface area contributed by atoms with Gasteiger partial charge in [-0.25, -0.2) is 0 Å². The number of hydrogen-bond acceptors (Lipinski definition) is 0. The number of fused-ring (bicyclic) bond motifs is 2. The molecule has 100 valence electrons. The molecule has 0 fully saturated rings. The Balaban J connectivity index is 0.000000574. The fourth-order valence-electron chi connectivity index (χ4n) is 3.72. The Morgan fingerprint density at radius 3 is 1.61 bits per heavy atom. The first-order valence-corrected chi connectivity index (χ1v) is 7.74. The predicted molar refractivity (Wildman–Crippen MR) is 80.5 cm³/mol. The molecule has 0 heteroatoms. The Labute approximate surface area is 113 Å². The molecule has 0 bridgehead atoms. The van der Waals surface area contributed by atoms with Crippen LogP contribution in [0.3, 0.4) is 0 Å². The maximum absolute atomic E-state index is 2.53. The van der Waals surface area contributed by atoms with Gasteiger partial charge in [0, 0.05) is 0 Å². The average molecular weight is 244 g/mol. The zero-order chi connectivity index (χ0) is 13.3. The van der Waals surface area contributed by atoms with Crippen molar-refractivity contribution in [1.82, 2.24) is 0 Å². The molecule has 0 spiro atoms. The highest BCUT2D eigenvalue weighted by Gasteiger charge is 2.29. The molecule has 0 saturated heterocycles. The zero-order valence-electron chi connectivity index (χ0n) is 12.8. The smallest absolute Gasteiger partial charge is 0.0126 e. The van der Waals surface area contributed by atoms with Gasteiger partial charge in [0.05, 0.1) is 0 Å². The summed E-state index contributed by atoms with van der Waals surface area (Å²) < 4.78 is 0. The van der Waals surface area contributed by atoms with E-state index >= 15 is 0 Å². The van der Waals surface area contributed by atoms with Crippen molar-refractivity contribution >= 4 is 0 Å². The summed E-state index contributed by atoms with van der Waals surface area (Å²) >= 11 is 0. The molecule has 0 aromatic heterocycles. The molecule has 1 aromatic carbocycles. The van der Waals surface area contributed by atoms with Gasteiger partial charge in [-0.2, -0.15) is 0 Å². The van der Waals surface area contributed by atoms with Crippen molar-refractivity contribution in [3.05, 3.63) is 33.9 Å². The van der Waals surface area contributed by atoms with Crippen LogP contribution in [0, 0.1) is 0 Å². The first kappa shape index (κ1) is 13.6. The van der Waals surface area contributed by atoms with Crippen LogP contribution in [0.2, 0.25) is 0 Å². The zero-order valence-corrected chi connectivity index (χ0v) is 12.8. The van der Waals surface area contributed by atoms with E-state index in [2.05, 4.69) is 26.8 Å². The fourth-order valence-corrected chi connectivity index (χ4v) is 3.72. The molecule has 0 saturated carbocycles. The molecule has 18 heavy (non-hydrogen) atoms. The van der Waals surface area contributed by atoms with Crippen molar-refractivity contribution in [1.29, 1.82) is 0 Å². The molecule has 2 aliphatic rings. The summed E-state index contributed by atoms with van der Waals surface area (Å²) in [5.74, 6) is 0. The molecule has 2 aliphatic carbocycles. The third-order valence-electron chi connectivity index (χ3n) is 4.22. The summed E-state index contributed by atoms with van der Waals surface area (Å²) in [5.41, 5.74) is 8.83. The lowest BCUT2D eigenvalue weighted by Gasteiger charge is -2.27. The van der Waals surface area contributed by atoms with Crippen molar-refractivity contribution in [3.8, 4) is 0 Å². The highest BCUT2D eigenvalue weighted by atomic mass is 14.3. The molecule has 0 nitrogen and oxygen atoms in total. The van der Waals surface area contributed by atoms with E-state index in [1.807, 2.05) is 13.8 Å². The Hall–Kier alpha value is -0.780. The van der Waals surface area contributed by atoms with Gasteiger partial charge in [-0.1, -0.05) is 40.7 Å². The number of benzene rings is 1. The number of aryl methyl sites for hydroxylation is 2. The molecule has 0 aliphatic heterocycles. The molecule has 0 unspecified atom stereocenters. The van der Waals surface area contributed by atoms with E-state index in [0.717, 1.165) is 0 Å². The topological polar surface area (TPSA) is 0 Å². The lowest BCUT2D eigenvalue weighted by Crippen LogP contribution is -2.17. The first-order valence-electron chi connectivity index (χ1n) is 7.74. The number of hydrogen-bond donors (Lipinski definition) is 0. The van der Waals surface area contributed by atoms with E-state index in [-0.39, 0.29) is 0 Å². The maximum Gasteiger partial charge on any atom is -0.0126 e. The van der Waals surface area contributed by atoms with Gasteiger partial charge in [0.25, 0.3) is 0 Å². The summed E-state index contributed by atoms with van der Waals surface area (Å²) in [6, 6.07) is 2.53. The van der Waals surface area contributed by atoms with Gasteiger partial charge in [-0.3, -0.25) is 0 Å². The van der Waals surface area contributed by atoms with Gasteiger partial charge < -0.3 is 0 Å². The van der Waals surface area contributed by atoms with Gasteiger partial charge in [-0.05, 0) is 71.8 Å². The second-order valence-corrected chi connectivity index (χ2v) is 6.48. The van der Waals surface area contributed by atoms with Crippen LogP contribution in [-0.4, -0.2) is 0 Å². The Morgan fingerprint density at radius 1 is 0.778 bits per heavy atom. The van der Waals surface area contributed by atoms with Gasteiger partial charge in [-0.15, -0.1) is 0 Å². The highest BCUT2D eigenvalue weighted by Crippen LogP contribution is 2.40. The maximum atomic E-state index is 2.53. The summed E-state index contributed by atoms with van der Waals surface area (Å²) in [7, 11) is 0. The Kier molecular flexibility index (Phi) is 3.84. The molecular weight excluding hydrogens is 216 g/mol. The minimum Gasteiger partial charge on any atom is -0.0683 e. The number of rotatable bonds is 0. The molecule has 0 heterocycles. The highest BCUT2D eigenvalue weighted by molar-refractivity contribution is 5.52. The summed E-state index contributed by atoms with van der Waals surface area (Å²) in [6.07, 6.45) is 8.06. The van der Waals surface area contributed by atoms with E-state index in [9.17, 15) is 0 Å². The lowest BCUT2D eigenvalue weighted by molar-refractivity contribution is 0.577. The molecular formula is C18H28. The van der Waals surface area contributed by atoms with Crippen LogP contribution in [-0.2, 0) is 31.1 Å².